The van der Waals surface area contributed by atoms with Crippen LogP contribution < -0.4 is 5.32 Å². The average molecular weight is 318 g/mol. The fourth-order valence-corrected chi connectivity index (χ4v) is 3.08. The van der Waals surface area contributed by atoms with E-state index in [0.717, 1.165) is 11.3 Å². The van der Waals surface area contributed by atoms with Gasteiger partial charge in [-0.2, -0.15) is 0 Å². The van der Waals surface area contributed by atoms with Gasteiger partial charge in [-0.05, 0) is 19.8 Å². The highest BCUT2D eigenvalue weighted by molar-refractivity contribution is 7.09. The zero-order valence-electron chi connectivity index (χ0n) is 11.4. The SMILES string of the molecule is CC(NC(=O)C1CCC(F)(F)CC1)c1nc(C(=O)O)cs1. The molecule has 1 atom stereocenters. The lowest BCUT2D eigenvalue weighted by molar-refractivity contribution is -0.129. The average Bonchev–Trinajstić information content (AvgIpc) is 2.88. The Kier molecular flexibility index (Phi) is 4.55. The predicted octanol–water partition coefficient (Wildman–Crippen LogP) is 2.84. The van der Waals surface area contributed by atoms with Gasteiger partial charge in [-0.3, -0.25) is 4.79 Å². The topological polar surface area (TPSA) is 79.3 Å². The number of alkyl halides is 2. The predicted molar refractivity (Wildman–Crippen MR) is 72.5 cm³/mol. The first-order chi connectivity index (χ1) is 9.78. The van der Waals surface area contributed by atoms with Gasteiger partial charge in [0.05, 0.1) is 6.04 Å². The van der Waals surface area contributed by atoms with Gasteiger partial charge in [-0.25, -0.2) is 18.6 Å². The van der Waals surface area contributed by atoms with E-state index in [-0.39, 0.29) is 37.3 Å². The molecule has 21 heavy (non-hydrogen) atoms. The summed E-state index contributed by atoms with van der Waals surface area (Å²) in [5, 5.41) is 13.4. The number of nitrogens with one attached hydrogen (secondary N) is 1. The van der Waals surface area contributed by atoms with Crippen LogP contribution in [0.5, 0.6) is 0 Å². The number of carboxylic acid groups (broad SMARTS) is 1. The second kappa shape index (κ2) is 6.05. The molecule has 0 aromatic carbocycles. The summed E-state index contributed by atoms with van der Waals surface area (Å²) >= 11 is 1.15. The molecule has 8 heteroatoms. The van der Waals surface area contributed by atoms with Gasteiger partial charge in [0.1, 0.15) is 5.01 Å². The Labute approximate surface area is 124 Å². The van der Waals surface area contributed by atoms with Gasteiger partial charge in [0.25, 0.3) is 0 Å². The van der Waals surface area contributed by atoms with Gasteiger partial charge in [0.2, 0.25) is 11.8 Å². The van der Waals surface area contributed by atoms with Crippen LogP contribution in [0.4, 0.5) is 8.78 Å². The Hall–Kier alpha value is -1.57. The van der Waals surface area contributed by atoms with Crippen molar-refractivity contribution in [3.05, 3.63) is 16.1 Å². The van der Waals surface area contributed by atoms with E-state index in [1.54, 1.807) is 6.92 Å². The number of carbonyl (C=O) groups excluding carboxylic acids is 1. The molecule has 0 saturated heterocycles. The Morgan fingerprint density at radius 1 is 1.48 bits per heavy atom. The van der Waals surface area contributed by atoms with E-state index in [2.05, 4.69) is 10.3 Å². The molecule has 0 bridgehead atoms. The summed E-state index contributed by atoms with van der Waals surface area (Å²) in [5.74, 6) is -4.46. The third kappa shape index (κ3) is 3.96. The molecule has 2 N–H and O–H groups in total. The molecule has 0 radical (unpaired) electrons. The van der Waals surface area contributed by atoms with Crippen LogP contribution in [0.25, 0.3) is 0 Å². The Morgan fingerprint density at radius 2 is 2.10 bits per heavy atom. The quantitative estimate of drug-likeness (QED) is 0.894. The van der Waals surface area contributed by atoms with Crippen LogP contribution in [0.1, 0.15) is 54.1 Å². The number of hydrogen-bond donors (Lipinski definition) is 2. The van der Waals surface area contributed by atoms with Crippen molar-refractivity contribution < 1.29 is 23.5 Å². The molecule has 1 aromatic heterocycles. The number of nitrogens with zero attached hydrogens (tertiary/aromatic N) is 1. The molecule has 1 fully saturated rings. The Bertz CT molecular complexity index is 537. The summed E-state index contributed by atoms with van der Waals surface area (Å²) in [7, 11) is 0. The third-order valence-corrected chi connectivity index (χ3v) is 4.59. The van der Waals surface area contributed by atoms with Gasteiger partial charge < -0.3 is 10.4 Å². The summed E-state index contributed by atoms with van der Waals surface area (Å²) in [6.45, 7) is 1.69. The molecule has 1 aliphatic rings. The number of carboxylic acids is 1. The van der Waals surface area contributed by atoms with Crippen LogP contribution in [0.15, 0.2) is 5.38 Å². The maximum atomic E-state index is 13.1. The van der Waals surface area contributed by atoms with Crippen molar-refractivity contribution in [1.82, 2.24) is 10.3 Å². The van der Waals surface area contributed by atoms with Crippen LogP contribution in [0.3, 0.4) is 0 Å². The van der Waals surface area contributed by atoms with Gasteiger partial charge in [-0.1, -0.05) is 0 Å². The molecule has 1 heterocycles. The lowest BCUT2D eigenvalue weighted by Gasteiger charge is -2.28. The van der Waals surface area contributed by atoms with Gasteiger partial charge in [-0.15, -0.1) is 11.3 Å². The smallest absolute Gasteiger partial charge is 0.355 e. The van der Waals surface area contributed by atoms with Crippen LogP contribution in [-0.4, -0.2) is 27.9 Å². The van der Waals surface area contributed by atoms with E-state index in [0.29, 0.717) is 5.01 Å². The summed E-state index contributed by atoms with van der Waals surface area (Å²) in [4.78, 5) is 26.7. The van der Waals surface area contributed by atoms with Crippen LogP contribution >= 0.6 is 11.3 Å². The maximum Gasteiger partial charge on any atom is 0.355 e. The van der Waals surface area contributed by atoms with E-state index in [9.17, 15) is 18.4 Å². The van der Waals surface area contributed by atoms with Crippen LogP contribution in [0.2, 0.25) is 0 Å². The molecule has 0 spiro atoms. The van der Waals surface area contributed by atoms with Crippen LogP contribution in [0, 0.1) is 5.92 Å². The molecule has 1 amide bonds. The third-order valence-electron chi connectivity index (χ3n) is 3.56. The van der Waals surface area contributed by atoms with E-state index in [1.165, 1.54) is 5.38 Å². The summed E-state index contributed by atoms with van der Waals surface area (Å²) in [6.07, 6.45) is -0.187. The number of amides is 1. The van der Waals surface area contributed by atoms with Crippen molar-refractivity contribution in [3.63, 3.8) is 0 Å². The number of halogens is 2. The molecule has 116 valence electrons. The van der Waals surface area contributed by atoms with Gasteiger partial charge in [0.15, 0.2) is 5.69 Å². The molecule has 1 aliphatic carbocycles. The summed E-state index contributed by atoms with van der Waals surface area (Å²) in [6, 6.07) is -0.432. The van der Waals surface area contributed by atoms with E-state index in [4.69, 9.17) is 5.11 Å². The molecule has 1 saturated carbocycles. The molecule has 1 aromatic rings. The zero-order valence-corrected chi connectivity index (χ0v) is 12.3. The zero-order chi connectivity index (χ0) is 15.6. The standard InChI is InChI=1S/C13H16F2N2O3S/c1-7(11-17-9(6-21-11)12(19)20)16-10(18)8-2-4-13(14,15)5-3-8/h6-8H,2-5H2,1H3,(H,16,18)(H,19,20). The van der Waals surface area contributed by atoms with Crippen molar-refractivity contribution in [2.45, 2.75) is 44.6 Å². The highest BCUT2D eigenvalue weighted by Gasteiger charge is 2.37. The second-order valence-corrected chi connectivity index (χ2v) is 6.13. The van der Waals surface area contributed by atoms with E-state index < -0.39 is 23.9 Å². The first-order valence-electron chi connectivity index (χ1n) is 6.65. The van der Waals surface area contributed by atoms with Crippen molar-refractivity contribution in [2.24, 2.45) is 5.92 Å². The number of aromatic carboxylic acids is 1. The molecular formula is C13H16F2N2O3S. The summed E-state index contributed by atoms with van der Waals surface area (Å²) in [5.41, 5.74) is -0.0617. The number of rotatable bonds is 4. The maximum absolute atomic E-state index is 13.1. The Morgan fingerprint density at radius 3 is 2.62 bits per heavy atom. The Balaban J connectivity index is 1.91. The number of hydrogen-bond acceptors (Lipinski definition) is 4. The highest BCUT2D eigenvalue weighted by Crippen LogP contribution is 2.36. The lowest BCUT2D eigenvalue weighted by atomic mass is 9.86. The minimum Gasteiger partial charge on any atom is -0.476 e. The van der Waals surface area contributed by atoms with E-state index >= 15 is 0 Å². The van der Waals surface area contributed by atoms with Gasteiger partial charge >= 0.3 is 5.97 Å². The molecule has 1 unspecified atom stereocenters. The highest BCUT2D eigenvalue weighted by atomic mass is 32.1. The number of aromatic nitrogens is 1. The first kappa shape index (κ1) is 15.8. The summed E-state index contributed by atoms with van der Waals surface area (Å²) < 4.78 is 26.1. The second-order valence-electron chi connectivity index (χ2n) is 5.24. The molecule has 2 rings (SSSR count). The lowest BCUT2D eigenvalue weighted by Crippen LogP contribution is -2.37. The first-order valence-corrected chi connectivity index (χ1v) is 7.53. The minimum atomic E-state index is -2.66. The fraction of sp³-hybridized carbons (Fsp3) is 0.615. The molecule has 5 nitrogen and oxygen atoms in total. The van der Waals surface area contributed by atoms with Crippen molar-refractivity contribution in [1.29, 1.82) is 0 Å². The van der Waals surface area contributed by atoms with E-state index in [1.807, 2.05) is 0 Å². The van der Waals surface area contributed by atoms with Crippen molar-refractivity contribution >= 4 is 23.2 Å². The minimum absolute atomic E-state index is 0.0617. The van der Waals surface area contributed by atoms with Crippen LogP contribution in [-0.2, 0) is 4.79 Å². The normalized spacial score (nSPS) is 20.0. The molecule has 0 aliphatic heterocycles. The fourth-order valence-electron chi connectivity index (χ4n) is 2.28. The molecular weight excluding hydrogens is 302 g/mol. The number of thiazole rings is 1. The van der Waals surface area contributed by atoms with Gasteiger partial charge in [0, 0.05) is 24.1 Å². The number of carbonyl (C=O) groups is 2. The van der Waals surface area contributed by atoms with Crippen molar-refractivity contribution in [2.75, 3.05) is 0 Å². The largest absolute Gasteiger partial charge is 0.476 e. The monoisotopic (exact) mass is 318 g/mol. The van der Waals surface area contributed by atoms with Crippen molar-refractivity contribution in [3.8, 4) is 0 Å².